The number of nitrogens with one attached hydrogen (secondary N) is 1. The van der Waals surface area contributed by atoms with Crippen molar-refractivity contribution >= 4 is 5.95 Å². The molecule has 0 saturated carbocycles. The Bertz CT molecular complexity index is 572. The lowest BCUT2D eigenvalue weighted by Gasteiger charge is -2.17. The molecular formula is C16H24N4. The van der Waals surface area contributed by atoms with E-state index >= 15 is 0 Å². The first-order valence-electron chi connectivity index (χ1n) is 6.97. The van der Waals surface area contributed by atoms with E-state index in [9.17, 15) is 0 Å². The van der Waals surface area contributed by atoms with E-state index in [2.05, 4.69) is 60.0 Å². The minimum atomic E-state index is 0.328. The van der Waals surface area contributed by atoms with Gasteiger partial charge in [0.2, 0.25) is 5.95 Å². The van der Waals surface area contributed by atoms with Gasteiger partial charge in [0.1, 0.15) is 0 Å². The Morgan fingerprint density at radius 2 is 2.00 bits per heavy atom. The summed E-state index contributed by atoms with van der Waals surface area (Å²) in [4.78, 5) is 6.45. The number of hydrogen-bond acceptors (Lipinski definition) is 3. The van der Waals surface area contributed by atoms with E-state index in [-0.39, 0.29) is 0 Å². The predicted molar refractivity (Wildman–Crippen MR) is 84.0 cm³/mol. The van der Waals surface area contributed by atoms with Crippen LogP contribution in [-0.2, 0) is 13.6 Å². The number of imidazole rings is 1. The van der Waals surface area contributed by atoms with Crippen molar-refractivity contribution in [1.82, 2.24) is 14.9 Å². The van der Waals surface area contributed by atoms with E-state index in [1.807, 2.05) is 25.2 Å². The lowest BCUT2D eigenvalue weighted by Crippen LogP contribution is -2.21. The maximum Gasteiger partial charge on any atom is 0.204 e. The molecule has 1 heterocycles. The fourth-order valence-electron chi connectivity index (χ4n) is 2.45. The number of anilines is 1. The largest absolute Gasteiger partial charge is 0.348 e. The van der Waals surface area contributed by atoms with Crippen molar-refractivity contribution in [2.45, 2.75) is 26.4 Å². The molecule has 0 aliphatic rings. The molecule has 1 aromatic heterocycles. The van der Waals surface area contributed by atoms with Gasteiger partial charge in [-0.25, -0.2) is 4.98 Å². The Morgan fingerprint density at radius 1 is 1.30 bits per heavy atom. The average molecular weight is 272 g/mol. The Hall–Kier alpha value is -1.81. The van der Waals surface area contributed by atoms with E-state index in [1.54, 1.807) is 0 Å². The first-order chi connectivity index (χ1) is 9.50. The van der Waals surface area contributed by atoms with Crippen LogP contribution in [0.1, 0.15) is 29.8 Å². The second-order valence-electron chi connectivity index (χ2n) is 5.46. The molecule has 1 N–H and O–H groups in total. The van der Waals surface area contributed by atoms with Gasteiger partial charge >= 0.3 is 0 Å². The highest BCUT2D eigenvalue weighted by Crippen LogP contribution is 2.18. The summed E-state index contributed by atoms with van der Waals surface area (Å²) in [5, 5.41) is 3.57. The zero-order chi connectivity index (χ0) is 14.7. The first-order valence-corrected chi connectivity index (χ1v) is 6.97. The van der Waals surface area contributed by atoms with E-state index in [4.69, 9.17) is 0 Å². The monoisotopic (exact) mass is 272 g/mol. The van der Waals surface area contributed by atoms with E-state index in [0.717, 1.165) is 12.5 Å². The van der Waals surface area contributed by atoms with Crippen LogP contribution in [0.25, 0.3) is 0 Å². The van der Waals surface area contributed by atoms with Gasteiger partial charge in [0.15, 0.2) is 0 Å². The average Bonchev–Trinajstić information content (AvgIpc) is 2.78. The van der Waals surface area contributed by atoms with Crippen LogP contribution in [0.2, 0.25) is 0 Å². The molecule has 4 heteroatoms. The van der Waals surface area contributed by atoms with Gasteiger partial charge in [0, 0.05) is 33.7 Å². The maximum atomic E-state index is 4.43. The van der Waals surface area contributed by atoms with E-state index in [0.29, 0.717) is 6.04 Å². The summed E-state index contributed by atoms with van der Waals surface area (Å²) in [6.45, 7) is 5.17. The summed E-state index contributed by atoms with van der Waals surface area (Å²) in [6.07, 6.45) is 1.94. The molecule has 4 nitrogen and oxygen atoms in total. The fourth-order valence-corrected chi connectivity index (χ4v) is 2.45. The van der Waals surface area contributed by atoms with Gasteiger partial charge in [-0.1, -0.05) is 24.3 Å². The Kier molecular flexibility index (Phi) is 4.45. The molecule has 0 aliphatic carbocycles. The normalized spacial score (nSPS) is 12.4. The van der Waals surface area contributed by atoms with Crippen molar-refractivity contribution in [1.29, 1.82) is 0 Å². The van der Waals surface area contributed by atoms with Crippen molar-refractivity contribution in [2.75, 3.05) is 19.0 Å². The van der Waals surface area contributed by atoms with Gasteiger partial charge in [-0.3, -0.25) is 0 Å². The number of aromatic nitrogens is 2. The Labute approximate surface area is 121 Å². The summed E-state index contributed by atoms with van der Waals surface area (Å²) in [5.41, 5.74) is 3.86. The highest BCUT2D eigenvalue weighted by molar-refractivity contribution is 5.31. The van der Waals surface area contributed by atoms with Crippen LogP contribution in [0.3, 0.4) is 0 Å². The zero-order valence-electron chi connectivity index (χ0n) is 13.0. The molecule has 0 spiro atoms. The third kappa shape index (κ3) is 3.02. The van der Waals surface area contributed by atoms with Crippen LogP contribution in [0.15, 0.2) is 30.5 Å². The van der Waals surface area contributed by atoms with Gasteiger partial charge in [-0.15, -0.1) is 0 Å². The maximum absolute atomic E-state index is 4.43. The third-order valence-electron chi connectivity index (χ3n) is 3.70. The molecule has 1 atom stereocenters. The molecule has 0 saturated heterocycles. The third-order valence-corrected chi connectivity index (χ3v) is 3.70. The second kappa shape index (κ2) is 6.09. The van der Waals surface area contributed by atoms with Gasteiger partial charge in [0.25, 0.3) is 0 Å². The molecule has 108 valence electrons. The van der Waals surface area contributed by atoms with Crippen LogP contribution in [0.4, 0.5) is 5.95 Å². The van der Waals surface area contributed by atoms with E-state index < -0.39 is 0 Å². The van der Waals surface area contributed by atoms with Gasteiger partial charge in [0.05, 0.1) is 11.9 Å². The minimum Gasteiger partial charge on any atom is -0.348 e. The lowest BCUT2D eigenvalue weighted by atomic mass is 10.0. The molecule has 1 aromatic carbocycles. The summed E-state index contributed by atoms with van der Waals surface area (Å²) >= 11 is 0. The molecule has 0 unspecified atom stereocenters. The highest BCUT2D eigenvalue weighted by atomic mass is 15.3. The first kappa shape index (κ1) is 14.6. The summed E-state index contributed by atoms with van der Waals surface area (Å²) in [6, 6.07) is 8.84. The minimum absolute atomic E-state index is 0.328. The Balaban J connectivity index is 2.04. The smallest absolute Gasteiger partial charge is 0.204 e. The number of hydrogen-bond donors (Lipinski definition) is 1. The summed E-state index contributed by atoms with van der Waals surface area (Å²) in [5.74, 6) is 0.977. The fraction of sp³-hybridized carbons (Fsp3) is 0.438. The quantitative estimate of drug-likeness (QED) is 0.908. The van der Waals surface area contributed by atoms with Crippen LogP contribution < -0.4 is 10.2 Å². The lowest BCUT2D eigenvalue weighted by molar-refractivity contribution is 0.556. The summed E-state index contributed by atoms with van der Waals surface area (Å²) in [7, 11) is 6.07. The van der Waals surface area contributed by atoms with Crippen LogP contribution in [0, 0.1) is 6.92 Å². The van der Waals surface area contributed by atoms with Crippen molar-refractivity contribution in [3.63, 3.8) is 0 Å². The van der Waals surface area contributed by atoms with Crippen LogP contribution >= 0.6 is 0 Å². The molecule has 0 amide bonds. The molecule has 2 rings (SSSR count). The molecule has 0 radical (unpaired) electrons. The van der Waals surface area contributed by atoms with Crippen LogP contribution in [-0.4, -0.2) is 23.6 Å². The Morgan fingerprint density at radius 3 is 2.60 bits per heavy atom. The van der Waals surface area contributed by atoms with Crippen molar-refractivity contribution in [3.8, 4) is 0 Å². The van der Waals surface area contributed by atoms with Gasteiger partial charge < -0.3 is 14.8 Å². The zero-order valence-corrected chi connectivity index (χ0v) is 13.0. The SMILES string of the molecule is Cc1ccccc1[C@@H](C)NCc1cnc(N(C)C)n1C. The predicted octanol–water partition coefficient (Wildman–Crippen LogP) is 2.65. The number of aryl methyl sites for hydroxylation is 1. The number of benzene rings is 1. The number of nitrogens with zero attached hydrogens (tertiary/aromatic N) is 3. The van der Waals surface area contributed by atoms with Crippen molar-refractivity contribution in [2.24, 2.45) is 7.05 Å². The standard InChI is InChI=1S/C16H24N4/c1-12-8-6-7-9-15(12)13(2)17-10-14-11-18-16(19(3)4)20(14)5/h6-9,11,13,17H,10H2,1-5H3/t13-/m1/s1. The van der Waals surface area contributed by atoms with Crippen LogP contribution in [0.5, 0.6) is 0 Å². The molecule has 0 bridgehead atoms. The molecular weight excluding hydrogens is 248 g/mol. The molecule has 20 heavy (non-hydrogen) atoms. The van der Waals surface area contributed by atoms with Gasteiger partial charge in [-0.05, 0) is 25.0 Å². The summed E-state index contributed by atoms with van der Waals surface area (Å²) < 4.78 is 2.12. The van der Waals surface area contributed by atoms with E-state index in [1.165, 1.54) is 16.8 Å². The molecule has 2 aromatic rings. The van der Waals surface area contributed by atoms with Gasteiger partial charge in [-0.2, -0.15) is 0 Å². The topological polar surface area (TPSA) is 33.1 Å². The van der Waals surface area contributed by atoms with Crippen molar-refractivity contribution < 1.29 is 0 Å². The number of rotatable bonds is 5. The molecule has 0 fully saturated rings. The molecule has 0 aliphatic heterocycles. The van der Waals surface area contributed by atoms with Crippen molar-refractivity contribution in [3.05, 3.63) is 47.3 Å². The highest BCUT2D eigenvalue weighted by Gasteiger charge is 2.11. The second-order valence-corrected chi connectivity index (χ2v) is 5.46.